The maximum absolute atomic E-state index is 13.0. The van der Waals surface area contributed by atoms with E-state index in [0.717, 1.165) is 11.1 Å². The number of hydrogen-bond donors (Lipinski definition) is 0. The van der Waals surface area contributed by atoms with Crippen molar-refractivity contribution in [2.75, 3.05) is 24.6 Å². The standard InChI is InChI=1S/C27H26ClN3O4/c1-3-34-26(33)21-16-29-24(18-7-5-4-6-8-18)30-25(21)31-11-9-27(10-12-31)15-22(32)20-14-19(28)13-17(2)23(20)35-27/h4-8,13-14,16H,3,9-12,15H2,1-2H3. The molecule has 180 valence electrons. The second kappa shape index (κ2) is 9.30. The van der Waals surface area contributed by atoms with Gasteiger partial charge in [0.25, 0.3) is 0 Å². The molecule has 0 bridgehead atoms. The molecule has 0 unspecified atom stereocenters. The van der Waals surface area contributed by atoms with Crippen LogP contribution in [0.2, 0.25) is 5.02 Å². The van der Waals surface area contributed by atoms with Crippen LogP contribution in [0.5, 0.6) is 5.75 Å². The number of aryl methyl sites for hydroxylation is 1. The molecule has 5 rings (SSSR count). The predicted molar refractivity (Wildman–Crippen MR) is 133 cm³/mol. The zero-order chi connectivity index (χ0) is 24.6. The summed E-state index contributed by atoms with van der Waals surface area (Å²) in [4.78, 5) is 36.9. The Kier molecular flexibility index (Phi) is 6.19. The van der Waals surface area contributed by atoms with E-state index in [9.17, 15) is 9.59 Å². The summed E-state index contributed by atoms with van der Waals surface area (Å²) in [6.07, 6.45) is 3.08. The van der Waals surface area contributed by atoms with Crippen molar-refractivity contribution in [3.63, 3.8) is 0 Å². The van der Waals surface area contributed by atoms with Crippen molar-refractivity contribution in [1.82, 2.24) is 9.97 Å². The Balaban J connectivity index is 1.43. The number of halogens is 1. The van der Waals surface area contributed by atoms with E-state index in [0.29, 0.717) is 65.9 Å². The quantitative estimate of drug-likeness (QED) is 0.459. The number of Topliss-reactive ketones (excluding diaryl/α,β-unsaturated/α-hetero) is 1. The second-order valence-corrected chi connectivity index (χ2v) is 9.43. The van der Waals surface area contributed by atoms with Crippen LogP contribution in [0.3, 0.4) is 0 Å². The monoisotopic (exact) mass is 491 g/mol. The van der Waals surface area contributed by atoms with Crippen molar-refractivity contribution in [2.24, 2.45) is 0 Å². The summed E-state index contributed by atoms with van der Waals surface area (Å²) in [6, 6.07) is 13.1. The van der Waals surface area contributed by atoms with E-state index in [1.54, 1.807) is 13.0 Å². The van der Waals surface area contributed by atoms with Crippen molar-refractivity contribution in [1.29, 1.82) is 0 Å². The van der Waals surface area contributed by atoms with E-state index in [2.05, 4.69) is 9.88 Å². The molecule has 0 N–H and O–H groups in total. The fraction of sp³-hybridized carbons (Fsp3) is 0.333. The van der Waals surface area contributed by atoms with Gasteiger partial charge in [0, 0.05) is 42.7 Å². The van der Waals surface area contributed by atoms with E-state index >= 15 is 0 Å². The zero-order valence-electron chi connectivity index (χ0n) is 19.7. The number of carbonyl (C=O) groups is 2. The van der Waals surface area contributed by atoms with Crippen LogP contribution in [0.25, 0.3) is 11.4 Å². The molecule has 0 aliphatic carbocycles. The van der Waals surface area contributed by atoms with E-state index in [1.807, 2.05) is 43.3 Å². The number of hydrogen-bond acceptors (Lipinski definition) is 7. The summed E-state index contributed by atoms with van der Waals surface area (Å²) in [5, 5.41) is 0.536. The van der Waals surface area contributed by atoms with Crippen molar-refractivity contribution in [3.8, 4) is 17.1 Å². The third-order valence-electron chi connectivity index (χ3n) is 6.61. The van der Waals surface area contributed by atoms with Gasteiger partial charge in [0.2, 0.25) is 0 Å². The summed E-state index contributed by atoms with van der Waals surface area (Å²) in [5.41, 5.74) is 2.02. The Bertz CT molecular complexity index is 1290. The van der Waals surface area contributed by atoms with Gasteiger partial charge in [-0.15, -0.1) is 0 Å². The highest BCUT2D eigenvalue weighted by Crippen LogP contribution is 2.42. The lowest BCUT2D eigenvalue weighted by atomic mass is 9.82. The molecular formula is C27H26ClN3O4. The van der Waals surface area contributed by atoms with Gasteiger partial charge in [-0.25, -0.2) is 14.8 Å². The highest BCUT2D eigenvalue weighted by Gasteiger charge is 2.44. The molecule has 1 aromatic heterocycles. The molecule has 1 saturated heterocycles. The zero-order valence-corrected chi connectivity index (χ0v) is 20.5. The molecular weight excluding hydrogens is 466 g/mol. The topological polar surface area (TPSA) is 81.6 Å². The normalized spacial score (nSPS) is 16.5. The minimum atomic E-state index is -0.585. The van der Waals surface area contributed by atoms with E-state index < -0.39 is 11.6 Å². The van der Waals surface area contributed by atoms with E-state index in [4.69, 9.17) is 26.1 Å². The van der Waals surface area contributed by atoms with Gasteiger partial charge in [-0.3, -0.25) is 4.79 Å². The largest absolute Gasteiger partial charge is 0.486 e. The molecule has 1 fully saturated rings. The molecule has 0 atom stereocenters. The summed E-state index contributed by atoms with van der Waals surface area (Å²) in [6.45, 7) is 5.09. The number of aromatic nitrogens is 2. The van der Waals surface area contributed by atoms with Gasteiger partial charge in [-0.1, -0.05) is 41.9 Å². The number of carbonyl (C=O) groups excluding carboxylic acids is 2. The maximum atomic E-state index is 13.0. The lowest BCUT2D eigenvalue weighted by molar-refractivity contribution is 0.0225. The molecule has 0 radical (unpaired) electrons. The second-order valence-electron chi connectivity index (χ2n) is 8.99. The van der Waals surface area contributed by atoms with Crippen LogP contribution in [-0.2, 0) is 4.74 Å². The minimum absolute atomic E-state index is 0.0471. The number of piperidine rings is 1. The Morgan fingerprint density at radius 1 is 1.20 bits per heavy atom. The number of esters is 1. The van der Waals surface area contributed by atoms with Gasteiger partial charge in [-0.2, -0.15) is 0 Å². The van der Waals surface area contributed by atoms with E-state index in [-0.39, 0.29) is 12.4 Å². The molecule has 0 saturated carbocycles. The van der Waals surface area contributed by atoms with Crippen LogP contribution < -0.4 is 9.64 Å². The Hall–Kier alpha value is -3.45. The molecule has 35 heavy (non-hydrogen) atoms. The lowest BCUT2D eigenvalue weighted by Crippen LogP contribution is -2.51. The third kappa shape index (κ3) is 4.48. The number of rotatable bonds is 4. The number of nitrogens with zero attached hydrogens (tertiary/aromatic N) is 3. The van der Waals surface area contributed by atoms with Gasteiger partial charge < -0.3 is 14.4 Å². The average molecular weight is 492 g/mol. The molecule has 2 aliphatic heterocycles. The first-order valence-electron chi connectivity index (χ1n) is 11.8. The van der Waals surface area contributed by atoms with Crippen LogP contribution in [0.15, 0.2) is 48.7 Å². The lowest BCUT2D eigenvalue weighted by Gasteiger charge is -2.44. The Morgan fingerprint density at radius 2 is 1.94 bits per heavy atom. The van der Waals surface area contributed by atoms with Gasteiger partial charge in [0.15, 0.2) is 11.6 Å². The Morgan fingerprint density at radius 3 is 2.66 bits per heavy atom. The van der Waals surface area contributed by atoms with Gasteiger partial charge in [0.05, 0.1) is 18.6 Å². The third-order valence-corrected chi connectivity index (χ3v) is 6.83. The maximum Gasteiger partial charge on any atom is 0.343 e. The highest BCUT2D eigenvalue weighted by atomic mass is 35.5. The summed E-state index contributed by atoms with van der Waals surface area (Å²) in [5.74, 6) is 1.30. The SMILES string of the molecule is CCOC(=O)c1cnc(-c2ccccc2)nc1N1CCC2(CC1)CC(=O)c1cc(Cl)cc(C)c1O2. The number of fused-ring (bicyclic) bond motifs is 1. The smallest absolute Gasteiger partial charge is 0.343 e. The fourth-order valence-corrected chi connectivity index (χ4v) is 5.08. The molecule has 7 nitrogen and oxygen atoms in total. The Labute approximate surface area is 209 Å². The fourth-order valence-electron chi connectivity index (χ4n) is 4.81. The predicted octanol–water partition coefficient (Wildman–Crippen LogP) is 5.29. The van der Waals surface area contributed by atoms with Gasteiger partial charge in [0.1, 0.15) is 22.7 Å². The van der Waals surface area contributed by atoms with E-state index in [1.165, 1.54) is 6.20 Å². The summed E-state index contributed by atoms with van der Waals surface area (Å²) >= 11 is 6.17. The van der Waals surface area contributed by atoms with Crippen molar-refractivity contribution in [3.05, 3.63) is 70.4 Å². The number of ether oxygens (including phenoxy) is 2. The molecule has 3 aromatic rings. The average Bonchev–Trinajstić information content (AvgIpc) is 2.86. The molecule has 3 heterocycles. The van der Waals surface area contributed by atoms with Crippen LogP contribution in [0.1, 0.15) is 52.5 Å². The first-order chi connectivity index (χ1) is 16.9. The van der Waals surface area contributed by atoms with Crippen molar-refractivity contribution >= 4 is 29.2 Å². The molecule has 8 heteroatoms. The minimum Gasteiger partial charge on any atom is -0.486 e. The number of benzene rings is 2. The highest BCUT2D eigenvalue weighted by molar-refractivity contribution is 6.31. The first-order valence-corrected chi connectivity index (χ1v) is 12.1. The van der Waals surface area contributed by atoms with Crippen LogP contribution >= 0.6 is 11.6 Å². The van der Waals surface area contributed by atoms with Crippen molar-refractivity contribution < 1.29 is 19.1 Å². The van der Waals surface area contributed by atoms with Crippen molar-refractivity contribution in [2.45, 2.75) is 38.7 Å². The summed E-state index contributed by atoms with van der Waals surface area (Å²) in [7, 11) is 0. The van der Waals surface area contributed by atoms with Crippen LogP contribution in [0, 0.1) is 6.92 Å². The first kappa shape index (κ1) is 23.3. The summed E-state index contributed by atoms with van der Waals surface area (Å²) < 4.78 is 11.7. The number of ketones is 1. The van der Waals surface area contributed by atoms with Gasteiger partial charge >= 0.3 is 5.97 Å². The number of anilines is 1. The van der Waals surface area contributed by atoms with Crippen LogP contribution in [0.4, 0.5) is 5.82 Å². The molecule has 2 aliphatic rings. The van der Waals surface area contributed by atoms with Crippen LogP contribution in [-0.4, -0.2) is 47.0 Å². The molecule has 2 aromatic carbocycles. The molecule has 1 spiro atoms. The van der Waals surface area contributed by atoms with Gasteiger partial charge in [-0.05, 0) is 31.5 Å². The molecule has 0 amide bonds.